The van der Waals surface area contributed by atoms with Crippen LogP contribution in [0.25, 0.3) is 11.0 Å². The highest BCUT2D eigenvalue weighted by Gasteiger charge is 2.36. The Morgan fingerprint density at radius 3 is 3.05 bits per heavy atom. The van der Waals surface area contributed by atoms with Crippen LogP contribution in [0.3, 0.4) is 0 Å². The molecule has 1 aliphatic rings. The molecule has 1 unspecified atom stereocenters. The number of benzene rings is 1. The molecule has 0 spiro atoms. The van der Waals surface area contributed by atoms with Crippen molar-refractivity contribution >= 4 is 45.2 Å². The number of ether oxygens (including phenoxy) is 2. The molecule has 3 rings (SSSR count). The van der Waals surface area contributed by atoms with Gasteiger partial charge in [0.15, 0.2) is 0 Å². The van der Waals surface area contributed by atoms with E-state index in [4.69, 9.17) is 21.1 Å². The second-order valence-corrected chi connectivity index (χ2v) is 6.58. The number of aromatic nitrogens is 2. The molecule has 1 saturated heterocycles. The molecule has 0 aliphatic carbocycles. The van der Waals surface area contributed by atoms with Crippen molar-refractivity contribution in [3.63, 3.8) is 0 Å². The normalized spacial score (nSPS) is 22.8. The average molecular weight is 407 g/mol. The van der Waals surface area contributed by atoms with Gasteiger partial charge in [0.2, 0.25) is 0 Å². The first-order chi connectivity index (χ1) is 9.67. The first-order valence-electron chi connectivity index (χ1n) is 6.51. The van der Waals surface area contributed by atoms with Crippen LogP contribution in [0.2, 0.25) is 0 Å². The summed E-state index contributed by atoms with van der Waals surface area (Å²) < 4.78 is 14.6. The number of halogens is 2. The average Bonchev–Trinajstić information content (AvgIpc) is 3.04. The molecule has 0 radical (unpaired) electrons. The fourth-order valence-corrected chi connectivity index (χ4v) is 3.34. The molecular weight excluding hydrogens is 391 g/mol. The summed E-state index contributed by atoms with van der Waals surface area (Å²) in [5, 5.41) is 0. The number of imidazole rings is 1. The zero-order valence-corrected chi connectivity index (χ0v) is 14.1. The lowest BCUT2D eigenvalue weighted by atomic mass is 10.0. The Balaban J connectivity index is 2.05. The zero-order valence-electron chi connectivity index (χ0n) is 11.2. The fraction of sp³-hybridized carbons (Fsp3) is 0.500. The molecule has 20 heavy (non-hydrogen) atoms. The van der Waals surface area contributed by atoms with Crippen LogP contribution in [0.5, 0.6) is 0 Å². The van der Waals surface area contributed by atoms with Gasteiger partial charge in [0.1, 0.15) is 11.4 Å². The third-order valence-corrected chi connectivity index (χ3v) is 4.77. The number of rotatable bonds is 4. The molecule has 6 heteroatoms. The molecule has 108 valence electrons. The molecule has 1 atom stereocenters. The zero-order chi connectivity index (χ0) is 14.2. The minimum atomic E-state index is -0.266. The third kappa shape index (κ3) is 2.56. The Bertz CT molecular complexity index is 623. The monoisotopic (exact) mass is 406 g/mol. The first-order valence-corrected chi connectivity index (χ1v) is 8.12. The summed E-state index contributed by atoms with van der Waals surface area (Å²) in [6.07, 6.45) is 0.898. The SMILES string of the molecule is COC1(Cn2c(CCl)nc3cc(I)ccc32)CCOC1. The van der Waals surface area contributed by atoms with Crippen molar-refractivity contribution in [1.29, 1.82) is 0 Å². The van der Waals surface area contributed by atoms with Gasteiger partial charge in [-0.3, -0.25) is 0 Å². The number of alkyl halides is 1. The van der Waals surface area contributed by atoms with Crippen molar-refractivity contribution in [2.75, 3.05) is 20.3 Å². The topological polar surface area (TPSA) is 36.3 Å². The summed E-state index contributed by atoms with van der Waals surface area (Å²) in [6, 6.07) is 6.26. The summed E-state index contributed by atoms with van der Waals surface area (Å²) in [4.78, 5) is 4.63. The van der Waals surface area contributed by atoms with E-state index in [-0.39, 0.29) is 5.60 Å². The standard InChI is InChI=1S/C14H16ClIN2O2/c1-19-14(4-5-20-9-14)8-18-12-3-2-10(16)6-11(12)17-13(18)7-15/h2-3,6H,4-5,7-9H2,1H3. The van der Waals surface area contributed by atoms with Crippen molar-refractivity contribution in [2.45, 2.75) is 24.4 Å². The van der Waals surface area contributed by atoms with Gasteiger partial charge >= 0.3 is 0 Å². The van der Waals surface area contributed by atoms with Gasteiger partial charge in [0, 0.05) is 23.7 Å². The van der Waals surface area contributed by atoms with E-state index in [9.17, 15) is 0 Å². The molecule has 1 aromatic heterocycles. The van der Waals surface area contributed by atoms with Crippen LogP contribution in [-0.4, -0.2) is 35.5 Å². The predicted octanol–water partition coefficient (Wildman–Crippen LogP) is 3.19. The molecule has 0 bridgehead atoms. The van der Waals surface area contributed by atoms with Crippen molar-refractivity contribution in [2.24, 2.45) is 0 Å². The largest absolute Gasteiger partial charge is 0.378 e. The Kier molecular flexibility index (Phi) is 4.21. The number of nitrogens with zero attached hydrogens (tertiary/aromatic N) is 2. The van der Waals surface area contributed by atoms with Crippen molar-refractivity contribution in [3.05, 3.63) is 27.6 Å². The molecule has 1 fully saturated rings. The first kappa shape index (κ1) is 14.6. The van der Waals surface area contributed by atoms with Gasteiger partial charge in [-0.2, -0.15) is 0 Å². The highest BCUT2D eigenvalue weighted by Crippen LogP contribution is 2.28. The van der Waals surface area contributed by atoms with Crippen molar-refractivity contribution in [3.8, 4) is 0 Å². The van der Waals surface area contributed by atoms with E-state index in [2.05, 4.69) is 50.3 Å². The Labute approximate surface area is 136 Å². The minimum absolute atomic E-state index is 0.266. The Morgan fingerprint density at radius 2 is 2.40 bits per heavy atom. The highest BCUT2D eigenvalue weighted by atomic mass is 127. The molecule has 1 aromatic carbocycles. The van der Waals surface area contributed by atoms with Gasteiger partial charge in [-0.25, -0.2) is 4.98 Å². The van der Waals surface area contributed by atoms with Crippen LogP contribution in [0.15, 0.2) is 18.2 Å². The smallest absolute Gasteiger partial charge is 0.124 e. The minimum Gasteiger partial charge on any atom is -0.378 e. The Hall–Kier alpha value is -0.370. The summed E-state index contributed by atoms with van der Waals surface area (Å²) in [5.41, 5.74) is 1.82. The van der Waals surface area contributed by atoms with E-state index in [0.717, 1.165) is 36.4 Å². The summed E-state index contributed by atoms with van der Waals surface area (Å²) >= 11 is 8.35. The van der Waals surface area contributed by atoms with E-state index < -0.39 is 0 Å². The van der Waals surface area contributed by atoms with E-state index in [1.807, 2.05) is 0 Å². The summed E-state index contributed by atoms with van der Waals surface area (Å²) in [7, 11) is 1.75. The van der Waals surface area contributed by atoms with Crippen LogP contribution in [-0.2, 0) is 21.9 Å². The number of methoxy groups -OCH3 is 1. The lowest BCUT2D eigenvalue weighted by molar-refractivity contribution is -0.0291. The molecule has 0 N–H and O–H groups in total. The van der Waals surface area contributed by atoms with Crippen molar-refractivity contribution in [1.82, 2.24) is 9.55 Å². The van der Waals surface area contributed by atoms with Crippen molar-refractivity contribution < 1.29 is 9.47 Å². The van der Waals surface area contributed by atoms with Crippen LogP contribution in [0, 0.1) is 3.57 Å². The second-order valence-electron chi connectivity index (χ2n) is 5.07. The molecule has 1 aliphatic heterocycles. The van der Waals surface area contributed by atoms with Crippen LogP contribution < -0.4 is 0 Å². The van der Waals surface area contributed by atoms with Gasteiger partial charge in [-0.15, -0.1) is 11.6 Å². The fourth-order valence-electron chi connectivity index (χ4n) is 2.66. The van der Waals surface area contributed by atoms with Crippen LogP contribution in [0.1, 0.15) is 12.2 Å². The summed E-state index contributed by atoms with van der Waals surface area (Å²) in [6.45, 7) is 2.09. The van der Waals surface area contributed by atoms with E-state index in [1.165, 1.54) is 3.57 Å². The molecule has 2 aromatic rings. The van der Waals surface area contributed by atoms with Gasteiger partial charge in [-0.1, -0.05) is 0 Å². The lowest BCUT2D eigenvalue weighted by Crippen LogP contribution is -2.37. The number of hydrogen-bond acceptors (Lipinski definition) is 3. The molecule has 2 heterocycles. The number of fused-ring (bicyclic) bond motifs is 1. The molecule has 0 saturated carbocycles. The molecule has 4 nitrogen and oxygen atoms in total. The number of hydrogen-bond donors (Lipinski definition) is 0. The van der Waals surface area contributed by atoms with E-state index in [1.54, 1.807) is 7.11 Å². The lowest BCUT2D eigenvalue weighted by Gasteiger charge is -2.27. The van der Waals surface area contributed by atoms with E-state index in [0.29, 0.717) is 12.5 Å². The maximum absolute atomic E-state index is 6.06. The van der Waals surface area contributed by atoms with Crippen LogP contribution >= 0.6 is 34.2 Å². The second kappa shape index (κ2) is 5.79. The predicted molar refractivity (Wildman–Crippen MR) is 87.2 cm³/mol. The quantitative estimate of drug-likeness (QED) is 0.578. The summed E-state index contributed by atoms with van der Waals surface area (Å²) in [5.74, 6) is 1.28. The molecule has 0 amide bonds. The van der Waals surface area contributed by atoms with Crippen LogP contribution in [0.4, 0.5) is 0 Å². The maximum Gasteiger partial charge on any atom is 0.124 e. The molecular formula is C14H16ClIN2O2. The third-order valence-electron chi connectivity index (χ3n) is 3.86. The van der Waals surface area contributed by atoms with Gasteiger partial charge in [-0.05, 0) is 40.8 Å². The maximum atomic E-state index is 6.06. The van der Waals surface area contributed by atoms with Gasteiger partial charge in [0.05, 0.1) is 30.1 Å². The Morgan fingerprint density at radius 1 is 1.55 bits per heavy atom. The van der Waals surface area contributed by atoms with Gasteiger partial charge in [0.25, 0.3) is 0 Å². The van der Waals surface area contributed by atoms with E-state index >= 15 is 0 Å². The highest BCUT2D eigenvalue weighted by molar-refractivity contribution is 14.1. The van der Waals surface area contributed by atoms with Gasteiger partial charge < -0.3 is 14.0 Å².